The van der Waals surface area contributed by atoms with Gasteiger partial charge in [-0.3, -0.25) is 4.79 Å². The fraction of sp³-hybridized carbons (Fsp3) is 0.412. The number of nitrogens with zero attached hydrogens (tertiary/aromatic N) is 1. The number of rotatable bonds is 4. The van der Waals surface area contributed by atoms with E-state index < -0.39 is 5.97 Å². The second-order valence-electron chi connectivity index (χ2n) is 5.58. The van der Waals surface area contributed by atoms with Crippen molar-refractivity contribution >= 4 is 29.3 Å². The van der Waals surface area contributed by atoms with Crippen LogP contribution in [0.2, 0.25) is 0 Å². The van der Waals surface area contributed by atoms with E-state index in [4.69, 9.17) is 9.47 Å². The minimum absolute atomic E-state index is 0.0360. The van der Waals surface area contributed by atoms with Crippen molar-refractivity contribution in [3.8, 4) is 0 Å². The van der Waals surface area contributed by atoms with Crippen molar-refractivity contribution in [1.29, 1.82) is 0 Å². The van der Waals surface area contributed by atoms with Gasteiger partial charge in [0.2, 0.25) is 0 Å². The number of hydrogen-bond donors (Lipinski definition) is 0. The van der Waals surface area contributed by atoms with E-state index in [0.29, 0.717) is 23.4 Å². The lowest BCUT2D eigenvalue weighted by Crippen LogP contribution is -2.33. The van der Waals surface area contributed by atoms with Crippen LogP contribution in [0.15, 0.2) is 34.4 Å². The number of carbonyl (C=O) groups excluding carboxylic acids is 2. The molecule has 0 bridgehead atoms. The molecule has 122 valence electrons. The molecule has 0 aliphatic carbocycles. The number of ether oxygens (including phenoxy) is 2. The number of carbonyl (C=O) groups is 2. The molecule has 1 saturated heterocycles. The van der Waals surface area contributed by atoms with Gasteiger partial charge < -0.3 is 14.4 Å². The van der Waals surface area contributed by atoms with E-state index in [1.807, 2.05) is 17.5 Å². The summed E-state index contributed by atoms with van der Waals surface area (Å²) in [7, 11) is 1.33. The van der Waals surface area contributed by atoms with Crippen molar-refractivity contribution in [3.63, 3.8) is 0 Å². The lowest BCUT2D eigenvalue weighted by molar-refractivity contribution is -0.136. The van der Waals surface area contributed by atoms with Crippen molar-refractivity contribution in [3.05, 3.63) is 39.2 Å². The summed E-state index contributed by atoms with van der Waals surface area (Å²) < 4.78 is 10.5. The van der Waals surface area contributed by atoms with E-state index in [2.05, 4.69) is 0 Å². The van der Waals surface area contributed by atoms with Gasteiger partial charge in [-0.05, 0) is 37.3 Å². The standard InChI is InChI=1S/C17H19NO4S/c1-11-15(17(20)21-2)14(9-13-6-4-8-23-13)16(19)18(11)10-12-5-3-7-22-12/h4,6,8-9,12H,3,5,7,10H2,1-2H3/b14-9-/t12-/m1/s1. The second kappa shape index (κ2) is 6.68. The molecule has 5 nitrogen and oxygen atoms in total. The van der Waals surface area contributed by atoms with E-state index in [-0.39, 0.29) is 12.0 Å². The van der Waals surface area contributed by atoms with Crippen LogP contribution in [0.5, 0.6) is 0 Å². The lowest BCUT2D eigenvalue weighted by Gasteiger charge is -2.21. The van der Waals surface area contributed by atoms with Gasteiger partial charge in [-0.1, -0.05) is 6.07 Å². The third-order valence-electron chi connectivity index (χ3n) is 4.14. The Labute approximate surface area is 139 Å². The van der Waals surface area contributed by atoms with Crippen molar-refractivity contribution < 1.29 is 19.1 Å². The van der Waals surface area contributed by atoms with Crippen LogP contribution in [-0.2, 0) is 19.1 Å². The number of allylic oxidation sites excluding steroid dienone is 1. The van der Waals surface area contributed by atoms with Crippen LogP contribution in [-0.4, -0.2) is 43.1 Å². The molecule has 1 aromatic heterocycles. The van der Waals surface area contributed by atoms with Gasteiger partial charge in [0, 0.05) is 17.2 Å². The molecule has 0 unspecified atom stereocenters. The average Bonchev–Trinajstić information content (AvgIpc) is 3.27. The first kappa shape index (κ1) is 16.0. The molecule has 1 aromatic rings. The molecule has 0 radical (unpaired) electrons. The molecule has 23 heavy (non-hydrogen) atoms. The zero-order valence-electron chi connectivity index (χ0n) is 13.2. The molecular formula is C17H19NO4S. The van der Waals surface area contributed by atoms with E-state index in [1.54, 1.807) is 17.9 Å². The Morgan fingerprint density at radius 3 is 3.00 bits per heavy atom. The summed E-state index contributed by atoms with van der Waals surface area (Å²) >= 11 is 1.52. The first-order valence-corrected chi connectivity index (χ1v) is 8.48. The SMILES string of the molecule is COC(=O)C1=C(C)N(C[C@H]2CCCO2)C(=O)/C1=C\c1cccs1. The van der Waals surface area contributed by atoms with Gasteiger partial charge in [-0.2, -0.15) is 0 Å². The van der Waals surface area contributed by atoms with Gasteiger partial charge in [-0.25, -0.2) is 4.79 Å². The largest absolute Gasteiger partial charge is 0.465 e. The first-order chi connectivity index (χ1) is 11.1. The van der Waals surface area contributed by atoms with Crippen LogP contribution in [0.4, 0.5) is 0 Å². The fourth-order valence-corrected chi connectivity index (χ4v) is 3.61. The third kappa shape index (κ3) is 3.09. The summed E-state index contributed by atoms with van der Waals surface area (Å²) in [5.74, 6) is -0.639. The van der Waals surface area contributed by atoms with E-state index in [9.17, 15) is 9.59 Å². The van der Waals surface area contributed by atoms with Crippen LogP contribution < -0.4 is 0 Å². The fourth-order valence-electron chi connectivity index (χ4n) is 2.96. The molecule has 6 heteroatoms. The Kier molecular flexibility index (Phi) is 4.63. The summed E-state index contributed by atoms with van der Waals surface area (Å²) in [6.45, 7) is 3.00. The summed E-state index contributed by atoms with van der Waals surface area (Å²) in [5, 5.41) is 1.93. The number of hydrogen-bond acceptors (Lipinski definition) is 5. The van der Waals surface area contributed by atoms with E-state index >= 15 is 0 Å². The minimum atomic E-state index is -0.478. The molecule has 0 aromatic carbocycles. The predicted octanol–water partition coefficient (Wildman–Crippen LogP) is 2.60. The molecule has 3 rings (SSSR count). The summed E-state index contributed by atoms with van der Waals surface area (Å²) in [4.78, 5) is 27.6. The smallest absolute Gasteiger partial charge is 0.340 e. The topological polar surface area (TPSA) is 55.8 Å². The van der Waals surface area contributed by atoms with Crippen LogP contribution >= 0.6 is 11.3 Å². The Bertz CT molecular complexity index is 669. The zero-order chi connectivity index (χ0) is 16.4. The Hall–Kier alpha value is -1.92. The number of esters is 1. The van der Waals surface area contributed by atoms with Crippen molar-refractivity contribution in [1.82, 2.24) is 4.90 Å². The molecule has 0 spiro atoms. The lowest BCUT2D eigenvalue weighted by atomic mass is 10.1. The monoisotopic (exact) mass is 333 g/mol. The van der Waals surface area contributed by atoms with Crippen molar-refractivity contribution in [2.75, 3.05) is 20.3 Å². The van der Waals surface area contributed by atoms with Gasteiger partial charge in [0.25, 0.3) is 5.91 Å². The second-order valence-corrected chi connectivity index (χ2v) is 6.56. The highest BCUT2D eigenvalue weighted by atomic mass is 32.1. The van der Waals surface area contributed by atoms with Crippen LogP contribution in [0, 0.1) is 0 Å². The molecule has 0 saturated carbocycles. The van der Waals surface area contributed by atoms with Gasteiger partial charge in [0.1, 0.15) is 0 Å². The van der Waals surface area contributed by atoms with Crippen LogP contribution in [0.1, 0.15) is 24.6 Å². The van der Waals surface area contributed by atoms with E-state index in [0.717, 1.165) is 24.3 Å². The number of amides is 1. The summed E-state index contributed by atoms with van der Waals surface area (Å²) in [6, 6.07) is 3.83. The molecule has 1 fully saturated rings. The van der Waals surface area contributed by atoms with Gasteiger partial charge in [0.05, 0.1) is 30.9 Å². The maximum atomic E-state index is 12.8. The first-order valence-electron chi connectivity index (χ1n) is 7.60. The molecule has 1 amide bonds. The van der Waals surface area contributed by atoms with Gasteiger partial charge in [0.15, 0.2) is 0 Å². The maximum absolute atomic E-state index is 12.8. The average molecular weight is 333 g/mol. The Morgan fingerprint density at radius 1 is 1.57 bits per heavy atom. The zero-order valence-corrected chi connectivity index (χ0v) is 14.0. The number of methoxy groups -OCH3 is 1. The highest BCUT2D eigenvalue weighted by molar-refractivity contribution is 7.10. The quantitative estimate of drug-likeness (QED) is 0.628. The highest BCUT2D eigenvalue weighted by Gasteiger charge is 2.38. The summed E-state index contributed by atoms with van der Waals surface area (Å²) in [5.41, 5.74) is 1.39. The Morgan fingerprint density at radius 2 is 2.39 bits per heavy atom. The normalized spacial score (nSPS) is 23.2. The van der Waals surface area contributed by atoms with Gasteiger partial charge in [-0.15, -0.1) is 11.3 Å². The summed E-state index contributed by atoms with van der Waals surface area (Å²) in [6.07, 6.45) is 3.75. The molecule has 2 aliphatic heterocycles. The minimum Gasteiger partial charge on any atom is -0.465 e. The Balaban J connectivity index is 1.95. The van der Waals surface area contributed by atoms with Crippen molar-refractivity contribution in [2.24, 2.45) is 0 Å². The predicted molar refractivity (Wildman–Crippen MR) is 87.7 cm³/mol. The molecule has 2 aliphatic rings. The third-order valence-corrected chi connectivity index (χ3v) is 4.96. The molecule has 3 heterocycles. The highest BCUT2D eigenvalue weighted by Crippen LogP contribution is 2.33. The molecular weight excluding hydrogens is 314 g/mol. The van der Waals surface area contributed by atoms with Crippen molar-refractivity contribution in [2.45, 2.75) is 25.9 Å². The maximum Gasteiger partial charge on any atom is 0.340 e. The number of thiophene rings is 1. The van der Waals surface area contributed by atoms with Crippen LogP contribution in [0.3, 0.4) is 0 Å². The van der Waals surface area contributed by atoms with Gasteiger partial charge >= 0.3 is 5.97 Å². The molecule has 0 N–H and O–H groups in total. The molecule has 1 atom stereocenters. The van der Waals surface area contributed by atoms with Crippen LogP contribution in [0.25, 0.3) is 6.08 Å². The van der Waals surface area contributed by atoms with E-state index in [1.165, 1.54) is 18.4 Å².